The molecule has 3 aliphatic rings. The third kappa shape index (κ3) is 4.28. The summed E-state index contributed by atoms with van der Waals surface area (Å²) in [7, 11) is 0. The number of carbonyl (C=O) groups excluding carboxylic acids is 1. The molecule has 0 bridgehead atoms. The number of carbonyl (C=O) groups is 1. The van der Waals surface area contributed by atoms with Crippen molar-refractivity contribution in [1.82, 2.24) is 14.8 Å². The molecule has 3 aromatic rings. The molecule has 3 heterocycles. The van der Waals surface area contributed by atoms with Crippen LogP contribution in [0, 0.1) is 23.5 Å². The van der Waals surface area contributed by atoms with E-state index < -0.39 is 17.7 Å². The van der Waals surface area contributed by atoms with Crippen molar-refractivity contribution in [2.75, 3.05) is 32.7 Å². The molecule has 2 N–H and O–H groups in total. The second-order valence-electron chi connectivity index (χ2n) is 11.1. The largest absolute Gasteiger partial charge is 0.392 e. The van der Waals surface area contributed by atoms with Gasteiger partial charge in [0.2, 0.25) is 0 Å². The number of H-pyrrole nitrogens is 1. The fourth-order valence-electron chi connectivity index (χ4n) is 6.79. The van der Waals surface area contributed by atoms with Crippen LogP contribution in [-0.2, 0) is 5.41 Å². The Morgan fingerprint density at radius 2 is 1.95 bits per heavy atom. The lowest BCUT2D eigenvalue weighted by Crippen LogP contribution is -2.51. The Morgan fingerprint density at radius 3 is 2.73 bits per heavy atom. The fraction of sp³-hybridized carbons (Fsp3) is 0.433. The van der Waals surface area contributed by atoms with Gasteiger partial charge < -0.3 is 19.9 Å². The van der Waals surface area contributed by atoms with Crippen molar-refractivity contribution in [3.63, 3.8) is 0 Å². The molecule has 6 rings (SSSR count). The molecule has 194 valence electrons. The predicted octanol–water partition coefficient (Wildman–Crippen LogP) is 4.97. The standard InChI is InChI=1S/C30H33F2N3O2/c1-19-17-34(13-10-30(19)9-6-20-4-2-3-5-24(20)30)18-28(36)21-7-11-35(12-8-21)29(37)27-16-23-25(32)14-22(31)15-26(23)33-27/h2-6,9,14-16,19,21,28,33,36H,7-8,10-13,17-18H2,1H3/t19-,28-,30-/m1/s1. The van der Waals surface area contributed by atoms with Gasteiger partial charge in [-0.25, -0.2) is 8.78 Å². The Bertz CT molecular complexity index is 1360. The minimum absolute atomic E-state index is 0.0983. The van der Waals surface area contributed by atoms with Gasteiger partial charge in [-0.3, -0.25) is 4.79 Å². The summed E-state index contributed by atoms with van der Waals surface area (Å²) in [5.74, 6) is -0.982. The van der Waals surface area contributed by atoms with E-state index in [4.69, 9.17) is 0 Å². The second kappa shape index (κ2) is 9.37. The van der Waals surface area contributed by atoms with E-state index in [9.17, 15) is 18.7 Å². The number of hydrogen-bond acceptors (Lipinski definition) is 3. The highest BCUT2D eigenvalue weighted by atomic mass is 19.1. The molecular formula is C30H33F2N3O2. The maximum absolute atomic E-state index is 14.1. The van der Waals surface area contributed by atoms with Gasteiger partial charge in [-0.1, -0.05) is 43.3 Å². The highest BCUT2D eigenvalue weighted by molar-refractivity contribution is 5.98. The van der Waals surface area contributed by atoms with Crippen LogP contribution in [0.4, 0.5) is 8.78 Å². The first-order chi connectivity index (χ1) is 17.8. The van der Waals surface area contributed by atoms with E-state index in [-0.39, 0.29) is 33.8 Å². The summed E-state index contributed by atoms with van der Waals surface area (Å²) in [6.45, 7) is 5.94. The number of aliphatic hydroxyl groups excluding tert-OH is 1. The Morgan fingerprint density at radius 1 is 1.16 bits per heavy atom. The monoisotopic (exact) mass is 505 g/mol. The smallest absolute Gasteiger partial charge is 0.270 e. The van der Waals surface area contributed by atoms with E-state index in [1.807, 2.05) is 0 Å². The molecule has 0 radical (unpaired) electrons. The van der Waals surface area contributed by atoms with Crippen LogP contribution in [0.25, 0.3) is 17.0 Å². The molecule has 2 saturated heterocycles. The number of allylic oxidation sites excluding steroid dienone is 1. The molecule has 0 unspecified atom stereocenters. The molecule has 1 amide bonds. The van der Waals surface area contributed by atoms with Crippen molar-refractivity contribution in [1.29, 1.82) is 0 Å². The summed E-state index contributed by atoms with van der Waals surface area (Å²) in [6, 6.07) is 12.1. The second-order valence-corrected chi connectivity index (χ2v) is 11.1. The summed E-state index contributed by atoms with van der Waals surface area (Å²) < 4.78 is 27.6. The zero-order chi connectivity index (χ0) is 25.7. The normalized spacial score (nSPS) is 25.2. The van der Waals surface area contributed by atoms with E-state index in [1.165, 1.54) is 23.3 Å². The number of benzene rings is 2. The minimum atomic E-state index is -0.682. The van der Waals surface area contributed by atoms with Crippen LogP contribution in [-0.4, -0.2) is 64.6 Å². The number of likely N-dealkylation sites (tertiary alicyclic amines) is 2. The van der Waals surface area contributed by atoms with Gasteiger partial charge in [-0.05, 0) is 60.9 Å². The Kier molecular flexibility index (Phi) is 6.16. The number of nitrogens with zero attached hydrogens (tertiary/aromatic N) is 2. The Labute approximate surface area is 215 Å². The lowest BCUT2D eigenvalue weighted by Gasteiger charge is -2.45. The summed E-state index contributed by atoms with van der Waals surface area (Å²) in [4.78, 5) is 20.0. The molecule has 2 fully saturated rings. The van der Waals surface area contributed by atoms with Crippen LogP contribution in [0.5, 0.6) is 0 Å². The van der Waals surface area contributed by atoms with Gasteiger partial charge in [0.25, 0.3) is 5.91 Å². The first-order valence-electron chi connectivity index (χ1n) is 13.3. The van der Waals surface area contributed by atoms with Crippen LogP contribution < -0.4 is 0 Å². The van der Waals surface area contributed by atoms with Crippen LogP contribution >= 0.6 is 0 Å². The Balaban J connectivity index is 1.04. The number of halogens is 2. The fourth-order valence-corrected chi connectivity index (χ4v) is 6.79. The molecule has 5 nitrogen and oxygen atoms in total. The van der Waals surface area contributed by atoms with Crippen molar-refractivity contribution in [2.45, 2.75) is 37.7 Å². The third-order valence-corrected chi connectivity index (χ3v) is 8.97. The molecule has 7 heteroatoms. The first-order valence-corrected chi connectivity index (χ1v) is 13.3. The maximum Gasteiger partial charge on any atom is 0.270 e. The zero-order valence-electron chi connectivity index (χ0n) is 21.1. The highest BCUT2D eigenvalue weighted by Gasteiger charge is 2.43. The van der Waals surface area contributed by atoms with Gasteiger partial charge in [0.15, 0.2) is 0 Å². The van der Waals surface area contributed by atoms with Gasteiger partial charge >= 0.3 is 0 Å². The molecule has 2 aromatic carbocycles. The van der Waals surface area contributed by atoms with Crippen LogP contribution in [0.2, 0.25) is 0 Å². The quantitative estimate of drug-likeness (QED) is 0.527. The number of aromatic nitrogens is 1. The number of nitrogens with one attached hydrogen (secondary N) is 1. The van der Waals surface area contributed by atoms with Crippen LogP contribution in [0.15, 0.2) is 48.5 Å². The highest BCUT2D eigenvalue weighted by Crippen LogP contribution is 2.46. The molecule has 1 aliphatic carbocycles. The van der Waals surface area contributed by atoms with Gasteiger partial charge in [-0.15, -0.1) is 0 Å². The Hall–Kier alpha value is -3.03. The summed E-state index contributed by atoms with van der Waals surface area (Å²) in [6.07, 6.45) is 6.71. The van der Waals surface area contributed by atoms with E-state index in [1.54, 1.807) is 4.90 Å². The van der Waals surface area contributed by atoms with Gasteiger partial charge in [0.05, 0.1) is 11.6 Å². The lowest BCUT2D eigenvalue weighted by molar-refractivity contribution is 0.0138. The SMILES string of the molecule is C[C@@H]1CN(C[C@@H](O)C2CCN(C(=O)c3cc4c(F)cc(F)cc4[nH]3)CC2)CC[C@]12C=Cc1ccccc12. The number of rotatable bonds is 4. The number of fused-ring (bicyclic) bond motifs is 3. The van der Waals surface area contributed by atoms with E-state index >= 15 is 0 Å². The van der Waals surface area contributed by atoms with Crippen molar-refractivity contribution >= 4 is 22.9 Å². The van der Waals surface area contributed by atoms with Crippen molar-refractivity contribution in [3.05, 3.63) is 77.0 Å². The van der Waals surface area contributed by atoms with E-state index in [0.717, 1.165) is 38.4 Å². The van der Waals surface area contributed by atoms with E-state index in [0.29, 0.717) is 25.6 Å². The number of β-amino-alcohol motifs (C(OH)–C–C–N with tert-alkyl or cyclic N) is 1. The lowest BCUT2D eigenvalue weighted by atomic mass is 9.68. The van der Waals surface area contributed by atoms with Crippen molar-refractivity contribution in [3.8, 4) is 0 Å². The number of hydrogen-bond donors (Lipinski definition) is 2. The van der Waals surface area contributed by atoms with Gasteiger partial charge in [0.1, 0.15) is 17.3 Å². The number of piperidine rings is 2. The van der Waals surface area contributed by atoms with Crippen LogP contribution in [0.3, 0.4) is 0 Å². The molecule has 0 saturated carbocycles. The van der Waals surface area contributed by atoms with Crippen molar-refractivity contribution in [2.24, 2.45) is 11.8 Å². The summed E-state index contributed by atoms with van der Waals surface area (Å²) in [5.41, 5.74) is 3.40. The van der Waals surface area contributed by atoms with Crippen molar-refractivity contribution < 1.29 is 18.7 Å². The number of aliphatic hydroxyl groups is 1. The molecule has 2 aliphatic heterocycles. The zero-order valence-corrected chi connectivity index (χ0v) is 21.1. The number of amides is 1. The summed E-state index contributed by atoms with van der Waals surface area (Å²) in [5, 5.41) is 11.3. The predicted molar refractivity (Wildman–Crippen MR) is 140 cm³/mol. The molecule has 37 heavy (non-hydrogen) atoms. The molecule has 1 spiro atoms. The van der Waals surface area contributed by atoms with Gasteiger partial charge in [-0.2, -0.15) is 0 Å². The van der Waals surface area contributed by atoms with E-state index in [2.05, 4.69) is 53.2 Å². The van der Waals surface area contributed by atoms with Gasteiger partial charge in [0, 0.05) is 43.0 Å². The average molecular weight is 506 g/mol. The maximum atomic E-state index is 14.1. The minimum Gasteiger partial charge on any atom is -0.392 e. The molecule has 3 atom stereocenters. The van der Waals surface area contributed by atoms with Crippen LogP contribution in [0.1, 0.15) is 47.8 Å². The molecular weight excluding hydrogens is 472 g/mol. The third-order valence-electron chi connectivity index (χ3n) is 8.97. The number of aromatic amines is 1. The topological polar surface area (TPSA) is 59.6 Å². The molecule has 1 aromatic heterocycles. The summed E-state index contributed by atoms with van der Waals surface area (Å²) >= 11 is 0. The first kappa shape index (κ1) is 24.3. The average Bonchev–Trinajstić information content (AvgIpc) is 3.49.